The van der Waals surface area contributed by atoms with Gasteiger partial charge in [0.2, 0.25) is 0 Å². The molecular formula is C21H34N4O2. The number of hydrogen-bond donors (Lipinski definition) is 2. The Morgan fingerprint density at radius 2 is 1.96 bits per heavy atom. The highest BCUT2D eigenvalue weighted by atomic mass is 16.5. The zero-order valence-electron chi connectivity index (χ0n) is 16.4. The first kappa shape index (κ1) is 20.0. The second-order valence-electron chi connectivity index (χ2n) is 7.23. The van der Waals surface area contributed by atoms with Crippen LogP contribution in [-0.2, 0) is 11.2 Å². The molecule has 27 heavy (non-hydrogen) atoms. The van der Waals surface area contributed by atoms with Gasteiger partial charge in [0.25, 0.3) is 0 Å². The summed E-state index contributed by atoms with van der Waals surface area (Å²) < 4.78 is 10.8. The van der Waals surface area contributed by atoms with E-state index in [1.807, 2.05) is 12.1 Å². The Morgan fingerprint density at radius 1 is 1.11 bits per heavy atom. The largest absolute Gasteiger partial charge is 0.469 e. The minimum atomic E-state index is 0.804. The van der Waals surface area contributed by atoms with E-state index in [1.54, 1.807) is 11.8 Å². The van der Waals surface area contributed by atoms with E-state index >= 15 is 0 Å². The van der Waals surface area contributed by atoms with Crippen LogP contribution in [0.2, 0.25) is 0 Å². The predicted octanol–water partition coefficient (Wildman–Crippen LogP) is 2.58. The molecule has 1 aliphatic carbocycles. The number of hydrogen-bond acceptors (Lipinski definition) is 4. The number of allylic oxidation sites excluding steroid dienone is 1. The van der Waals surface area contributed by atoms with Crippen molar-refractivity contribution in [2.45, 2.75) is 38.5 Å². The molecule has 2 N–H and O–H groups in total. The van der Waals surface area contributed by atoms with Crippen molar-refractivity contribution in [1.82, 2.24) is 15.5 Å². The first-order chi connectivity index (χ1) is 13.4. The lowest BCUT2D eigenvalue weighted by Gasteiger charge is -2.25. The van der Waals surface area contributed by atoms with Crippen LogP contribution in [0, 0.1) is 0 Å². The molecule has 2 heterocycles. The molecule has 0 unspecified atom stereocenters. The average Bonchev–Trinajstić information content (AvgIpc) is 3.23. The lowest BCUT2D eigenvalue weighted by atomic mass is 9.97. The Balaban J connectivity index is 1.42. The van der Waals surface area contributed by atoms with Crippen molar-refractivity contribution in [3.8, 4) is 0 Å². The molecule has 6 heteroatoms. The van der Waals surface area contributed by atoms with E-state index in [4.69, 9.17) is 14.1 Å². The van der Waals surface area contributed by atoms with Crippen LogP contribution in [0.1, 0.15) is 37.9 Å². The molecular weight excluding hydrogens is 340 g/mol. The SMILES string of the molecule is C1=C(CCNC(=NCCN2CCOCC2)NCCc2ccco2)CCCC1. The molecule has 1 saturated heterocycles. The zero-order chi connectivity index (χ0) is 18.6. The van der Waals surface area contributed by atoms with Gasteiger partial charge in [0.15, 0.2) is 5.96 Å². The molecule has 1 aromatic heterocycles. The molecule has 1 aromatic rings. The fourth-order valence-corrected chi connectivity index (χ4v) is 3.53. The van der Waals surface area contributed by atoms with Crippen molar-refractivity contribution in [2.24, 2.45) is 4.99 Å². The van der Waals surface area contributed by atoms with Gasteiger partial charge >= 0.3 is 0 Å². The maximum absolute atomic E-state index is 5.41. The molecule has 3 rings (SSSR count). The second kappa shape index (κ2) is 11.8. The van der Waals surface area contributed by atoms with Crippen molar-refractivity contribution >= 4 is 5.96 Å². The molecule has 0 radical (unpaired) electrons. The van der Waals surface area contributed by atoms with Crippen LogP contribution in [0.4, 0.5) is 0 Å². The van der Waals surface area contributed by atoms with E-state index in [-0.39, 0.29) is 0 Å². The van der Waals surface area contributed by atoms with E-state index in [2.05, 4.69) is 21.6 Å². The van der Waals surface area contributed by atoms with Gasteiger partial charge in [-0.3, -0.25) is 9.89 Å². The first-order valence-electron chi connectivity index (χ1n) is 10.4. The van der Waals surface area contributed by atoms with Gasteiger partial charge in [-0.15, -0.1) is 0 Å². The summed E-state index contributed by atoms with van der Waals surface area (Å²) in [5.74, 6) is 1.91. The summed E-state index contributed by atoms with van der Waals surface area (Å²) in [4.78, 5) is 7.20. The highest BCUT2D eigenvalue weighted by molar-refractivity contribution is 5.79. The summed E-state index contributed by atoms with van der Waals surface area (Å²) in [5, 5.41) is 6.96. The Morgan fingerprint density at radius 3 is 2.70 bits per heavy atom. The van der Waals surface area contributed by atoms with Gasteiger partial charge in [-0.25, -0.2) is 0 Å². The van der Waals surface area contributed by atoms with Gasteiger partial charge in [0.05, 0.1) is 26.0 Å². The minimum absolute atomic E-state index is 0.804. The van der Waals surface area contributed by atoms with E-state index < -0.39 is 0 Å². The fourth-order valence-electron chi connectivity index (χ4n) is 3.53. The summed E-state index contributed by atoms with van der Waals surface area (Å²) in [5.41, 5.74) is 1.59. The highest BCUT2D eigenvalue weighted by Gasteiger charge is 2.09. The summed E-state index contributed by atoms with van der Waals surface area (Å²) in [6.07, 6.45) is 11.3. The quantitative estimate of drug-likeness (QED) is 0.395. The van der Waals surface area contributed by atoms with E-state index in [1.165, 1.54) is 25.7 Å². The molecule has 0 aromatic carbocycles. The third-order valence-corrected chi connectivity index (χ3v) is 5.16. The van der Waals surface area contributed by atoms with Crippen LogP contribution in [0.15, 0.2) is 39.5 Å². The van der Waals surface area contributed by atoms with Gasteiger partial charge in [0, 0.05) is 39.1 Å². The van der Waals surface area contributed by atoms with Crippen molar-refractivity contribution in [3.63, 3.8) is 0 Å². The molecule has 1 fully saturated rings. The molecule has 2 aliphatic rings. The van der Waals surface area contributed by atoms with Crippen molar-refractivity contribution < 1.29 is 9.15 Å². The summed E-state index contributed by atoms with van der Waals surface area (Å²) in [7, 11) is 0. The minimum Gasteiger partial charge on any atom is -0.469 e. The Labute approximate surface area is 163 Å². The number of morpholine rings is 1. The van der Waals surface area contributed by atoms with Gasteiger partial charge in [-0.2, -0.15) is 0 Å². The van der Waals surface area contributed by atoms with Crippen molar-refractivity contribution in [2.75, 3.05) is 52.5 Å². The number of nitrogens with zero attached hydrogens (tertiary/aromatic N) is 2. The van der Waals surface area contributed by atoms with Crippen molar-refractivity contribution in [3.05, 3.63) is 35.8 Å². The number of guanidine groups is 1. The van der Waals surface area contributed by atoms with E-state index in [0.717, 1.165) is 77.0 Å². The van der Waals surface area contributed by atoms with Crippen LogP contribution in [-0.4, -0.2) is 63.3 Å². The molecule has 150 valence electrons. The van der Waals surface area contributed by atoms with Gasteiger partial charge in [-0.1, -0.05) is 11.6 Å². The summed E-state index contributed by atoms with van der Waals surface area (Å²) in [6.45, 7) is 7.25. The Hall–Kier alpha value is -1.79. The molecule has 0 bridgehead atoms. The third kappa shape index (κ3) is 7.77. The lowest BCUT2D eigenvalue weighted by Crippen LogP contribution is -2.41. The van der Waals surface area contributed by atoms with Crippen LogP contribution in [0.3, 0.4) is 0 Å². The second-order valence-corrected chi connectivity index (χ2v) is 7.23. The Kier molecular flexibility index (Phi) is 8.74. The molecule has 0 amide bonds. The van der Waals surface area contributed by atoms with E-state index in [0.29, 0.717) is 0 Å². The monoisotopic (exact) mass is 374 g/mol. The molecule has 1 aliphatic heterocycles. The van der Waals surface area contributed by atoms with Crippen LogP contribution < -0.4 is 10.6 Å². The zero-order valence-corrected chi connectivity index (χ0v) is 16.4. The average molecular weight is 375 g/mol. The van der Waals surface area contributed by atoms with Gasteiger partial charge < -0.3 is 19.8 Å². The number of nitrogens with one attached hydrogen (secondary N) is 2. The molecule has 0 atom stereocenters. The first-order valence-corrected chi connectivity index (χ1v) is 10.4. The van der Waals surface area contributed by atoms with Gasteiger partial charge in [-0.05, 0) is 44.2 Å². The van der Waals surface area contributed by atoms with E-state index in [9.17, 15) is 0 Å². The highest BCUT2D eigenvalue weighted by Crippen LogP contribution is 2.19. The molecule has 0 saturated carbocycles. The number of rotatable bonds is 9. The molecule has 6 nitrogen and oxygen atoms in total. The molecule has 0 spiro atoms. The number of aliphatic imine (C=N–C) groups is 1. The van der Waals surface area contributed by atoms with Crippen LogP contribution in [0.25, 0.3) is 0 Å². The van der Waals surface area contributed by atoms with Gasteiger partial charge in [0.1, 0.15) is 5.76 Å². The Bertz CT molecular complexity index is 577. The van der Waals surface area contributed by atoms with Crippen LogP contribution >= 0.6 is 0 Å². The topological polar surface area (TPSA) is 62.0 Å². The number of ether oxygens (including phenoxy) is 1. The third-order valence-electron chi connectivity index (χ3n) is 5.16. The van der Waals surface area contributed by atoms with Crippen molar-refractivity contribution in [1.29, 1.82) is 0 Å². The maximum atomic E-state index is 5.41. The summed E-state index contributed by atoms with van der Waals surface area (Å²) >= 11 is 0. The van der Waals surface area contributed by atoms with Crippen LogP contribution in [0.5, 0.6) is 0 Å². The maximum Gasteiger partial charge on any atom is 0.191 e. The standard InChI is InChI=1S/C21H34N4O2/c1-2-5-19(6-3-1)8-10-22-21(23-11-9-20-7-4-16-27-20)24-12-13-25-14-17-26-18-15-25/h4-5,7,16H,1-3,6,8-15,17-18H2,(H2,22,23,24). The smallest absolute Gasteiger partial charge is 0.191 e. The predicted molar refractivity (Wildman–Crippen MR) is 109 cm³/mol. The normalized spacial score (nSPS) is 19.0. The lowest BCUT2D eigenvalue weighted by molar-refractivity contribution is 0.0394. The fraction of sp³-hybridized carbons (Fsp3) is 0.667. The number of furan rings is 1. The summed E-state index contributed by atoms with van der Waals surface area (Å²) in [6, 6.07) is 3.95.